The molecule has 4 nitrogen and oxygen atoms in total. The fraction of sp³-hybridized carbons (Fsp3) is 0.143. The van der Waals surface area contributed by atoms with Gasteiger partial charge in [0, 0.05) is 24.6 Å². The van der Waals surface area contributed by atoms with Gasteiger partial charge < -0.3 is 11.1 Å². The van der Waals surface area contributed by atoms with E-state index in [0.717, 1.165) is 5.56 Å². The van der Waals surface area contributed by atoms with Gasteiger partial charge in [-0.1, -0.05) is 12.1 Å². The van der Waals surface area contributed by atoms with Crippen LogP contribution in [0.3, 0.4) is 0 Å². The Hall–Kier alpha value is -2.43. The van der Waals surface area contributed by atoms with Gasteiger partial charge in [0.2, 0.25) is 0 Å². The van der Waals surface area contributed by atoms with Gasteiger partial charge in [-0.2, -0.15) is 0 Å². The molecular weight excluding hydrogens is 245 g/mol. The van der Waals surface area contributed by atoms with E-state index in [2.05, 4.69) is 10.3 Å². The summed E-state index contributed by atoms with van der Waals surface area (Å²) in [5.41, 5.74) is 7.40. The van der Waals surface area contributed by atoms with Crippen molar-refractivity contribution in [2.45, 2.75) is 6.42 Å². The average molecular weight is 259 g/mol. The minimum absolute atomic E-state index is 0.257. The predicted octanol–water partition coefficient (Wildman–Crippen LogP) is 1.78. The summed E-state index contributed by atoms with van der Waals surface area (Å²) < 4.78 is 12.7. The quantitative estimate of drug-likeness (QED) is 0.879. The number of nitrogen functional groups attached to an aromatic ring is 1. The Bertz CT molecular complexity index is 569. The molecule has 0 radical (unpaired) electrons. The molecule has 98 valence electrons. The van der Waals surface area contributed by atoms with E-state index in [4.69, 9.17) is 5.73 Å². The Kier molecular flexibility index (Phi) is 4.07. The highest BCUT2D eigenvalue weighted by Crippen LogP contribution is 2.08. The summed E-state index contributed by atoms with van der Waals surface area (Å²) in [4.78, 5) is 15.7. The third-order valence-electron chi connectivity index (χ3n) is 2.71. The SMILES string of the molecule is Nc1ccncc1C(=O)NCCc1ccc(F)cc1. The van der Waals surface area contributed by atoms with E-state index in [9.17, 15) is 9.18 Å². The summed E-state index contributed by atoms with van der Waals surface area (Å²) in [7, 11) is 0. The van der Waals surface area contributed by atoms with Crippen LogP contribution < -0.4 is 11.1 Å². The molecule has 5 heteroatoms. The van der Waals surface area contributed by atoms with E-state index in [1.165, 1.54) is 24.5 Å². The molecule has 2 rings (SSSR count). The van der Waals surface area contributed by atoms with Crippen molar-refractivity contribution in [1.82, 2.24) is 10.3 Å². The van der Waals surface area contributed by atoms with Gasteiger partial charge in [0.1, 0.15) is 5.82 Å². The number of aromatic nitrogens is 1. The molecule has 0 unspecified atom stereocenters. The Morgan fingerprint density at radius 2 is 2.00 bits per heavy atom. The monoisotopic (exact) mass is 259 g/mol. The molecule has 1 aromatic heterocycles. The lowest BCUT2D eigenvalue weighted by atomic mass is 10.1. The van der Waals surface area contributed by atoms with Gasteiger partial charge in [0.05, 0.1) is 5.56 Å². The number of nitrogens with two attached hydrogens (primary N) is 1. The molecule has 0 spiro atoms. The first-order valence-corrected chi connectivity index (χ1v) is 5.89. The van der Waals surface area contributed by atoms with Crippen molar-refractivity contribution in [2.75, 3.05) is 12.3 Å². The van der Waals surface area contributed by atoms with Crippen LogP contribution in [0.15, 0.2) is 42.7 Å². The molecule has 3 N–H and O–H groups in total. The number of nitrogens with one attached hydrogen (secondary N) is 1. The molecule has 0 atom stereocenters. The Labute approximate surface area is 110 Å². The lowest BCUT2D eigenvalue weighted by Gasteiger charge is -2.07. The maximum atomic E-state index is 12.7. The zero-order valence-electron chi connectivity index (χ0n) is 10.3. The van der Waals surface area contributed by atoms with Crippen LogP contribution in [0.25, 0.3) is 0 Å². The number of carbonyl (C=O) groups is 1. The van der Waals surface area contributed by atoms with Gasteiger partial charge >= 0.3 is 0 Å². The largest absolute Gasteiger partial charge is 0.398 e. The van der Waals surface area contributed by atoms with E-state index < -0.39 is 0 Å². The molecule has 0 aliphatic heterocycles. The number of anilines is 1. The van der Waals surface area contributed by atoms with Crippen LogP contribution >= 0.6 is 0 Å². The maximum Gasteiger partial charge on any atom is 0.254 e. The first-order chi connectivity index (χ1) is 9.16. The van der Waals surface area contributed by atoms with Crippen LogP contribution in [-0.2, 0) is 6.42 Å². The minimum Gasteiger partial charge on any atom is -0.398 e. The van der Waals surface area contributed by atoms with Crippen LogP contribution in [0, 0.1) is 5.82 Å². The summed E-state index contributed by atoms with van der Waals surface area (Å²) >= 11 is 0. The number of carbonyl (C=O) groups excluding carboxylic acids is 1. The Morgan fingerprint density at radius 3 is 2.68 bits per heavy atom. The number of hydrogen-bond acceptors (Lipinski definition) is 3. The summed E-state index contributed by atoms with van der Waals surface area (Å²) in [6.45, 7) is 0.457. The lowest BCUT2D eigenvalue weighted by molar-refractivity contribution is 0.0954. The summed E-state index contributed by atoms with van der Waals surface area (Å²) in [6.07, 6.45) is 3.60. The van der Waals surface area contributed by atoms with Crippen LogP contribution in [0.5, 0.6) is 0 Å². The number of amides is 1. The van der Waals surface area contributed by atoms with Crippen molar-refractivity contribution in [3.63, 3.8) is 0 Å². The zero-order valence-corrected chi connectivity index (χ0v) is 10.3. The predicted molar refractivity (Wildman–Crippen MR) is 71.1 cm³/mol. The zero-order chi connectivity index (χ0) is 13.7. The van der Waals surface area contributed by atoms with Crippen molar-refractivity contribution in [3.8, 4) is 0 Å². The molecular formula is C14H14FN3O. The Morgan fingerprint density at radius 1 is 1.26 bits per heavy atom. The van der Waals surface area contributed by atoms with Crippen LogP contribution in [0.2, 0.25) is 0 Å². The van der Waals surface area contributed by atoms with E-state index in [-0.39, 0.29) is 11.7 Å². The van der Waals surface area contributed by atoms with E-state index in [1.54, 1.807) is 18.2 Å². The van der Waals surface area contributed by atoms with E-state index in [0.29, 0.717) is 24.2 Å². The van der Waals surface area contributed by atoms with Crippen LogP contribution in [0.1, 0.15) is 15.9 Å². The molecule has 19 heavy (non-hydrogen) atoms. The third-order valence-corrected chi connectivity index (χ3v) is 2.71. The van der Waals surface area contributed by atoms with Gasteiger partial charge in [0.25, 0.3) is 5.91 Å². The van der Waals surface area contributed by atoms with Gasteiger partial charge in [-0.15, -0.1) is 0 Å². The minimum atomic E-state index is -0.268. The number of halogens is 1. The fourth-order valence-corrected chi connectivity index (χ4v) is 1.66. The van der Waals surface area contributed by atoms with Crippen molar-refractivity contribution in [3.05, 3.63) is 59.7 Å². The van der Waals surface area contributed by atoms with Crippen LogP contribution in [0.4, 0.5) is 10.1 Å². The lowest BCUT2D eigenvalue weighted by Crippen LogP contribution is -2.26. The first kappa shape index (κ1) is 13.0. The van der Waals surface area contributed by atoms with E-state index >= 15 is 0 Å². The maximum absolute atomic E-state index is 12.7. The average Bonchev–Trinajstić information content (AvgIpc) is 2.41. The van der Waals surface area contributed by atoms with Gasteiger partial charge in [-0.3, -0.25) is 9.78 Å². The van der Waals surface area contributed by atoms with Gasteiger partial charge in [0.15, 0.2) is 0 Å². The first-order valence-electron chi connectivity index (χ1n) is 5.89. The number of nitrogens with zero attached hydrogens (tertiary/aromatic N) is 1. The second kappa shape index (κ2) is 5.95. The molecule has 1 heterocycles. The van der Waals surface area contributed by atoms with E-state index in [1.807, 2.05) is 0 Å². The van der Waals surface area contributed by atoms with Crippen molar-refractivity contribution >= 4 is 11.6 Å². The number of hydrogen-bond donors (Lipinski definition) is 2. The van der Waals surface area contributed by atoms with Gasteiger partial charge in [-0.05, 0) is 30.2 Å². The second-order valence-electron chi connectivity index (χ2n) is 4.10. The summed E-state index contributed by atoms with van der Waals surface area (Å²) in [5, 5.41) is 2.75. The smallest absolute Gasteiger partial charge is 0.254 e. The molecule has 1 aromatic carbocycles. The standard InChI is InChI=1S/C14H14FN3O/c15-11-3-1-10(2-4-11)5-8-18-14(19)12-9-17-7-6-13(12)16/h1-4,6-7,9H,5,8H2,(H2,16,17)(H,18,19). The second-order valence-corrected chi connectivity index (χ2v) is 4.10. The third kappa shape index (κ3) is 3.51. The highest BCUT2D eigenvalue weighted by molar-refractivity contribution is 5.98. The molecule has 0 aliphatic rings. The number of rotatable bonds is 4. The van der Waals surface area contributed by atoms with Crippen molar-refractivity contribution in [2.24, 2.45) is 0 Å². The molecule has 0 saturated carbocycles. The van der Waals surface area contributed by atoms with Gasteiger partial charge in [-0.25, -0.2) is 4.39 Å². The molecule has 1 amide bonds. The molecule has 0 fully saturated rings. The fourth-order valence-electron chi connectivity index (χ4n) is 1.66. The van der Waals surface area contributed by atoms with Crippen molar-refractivity contribution in [1.29, 1.82) is 0 Å². The Balaban J connectivity index is 1.88. The van der Waals surface area contributed by atoms with Crippen molar-refractivity contribution < 1.29 is 9.18 Å². The molecule has 2 aromatic rings. The molecule has 0 aliphatic carbocycles. The normalized spacial score (nSPS) is 10.2. The highest BCUT2D eigenvalue weighted by atomic mass is 19.1. The number of pyridine rings is 1. The van der Waals surface area contributed by atoms with Crippen LogP contribution in [-0.4, -0.2) is 17.4 Å². The summed E-state index contributed by atoms with van der Waals surface area (Å²) in [6, 6.07) is 7.77. The molecule has 0 saturated heterocycles. The molecule has 0 bridgehead atoms. The summed E-state index contributed by atoms with van der Waals surface area (Å²) in [5.74, 6) is -0.524. The number of benzene rings is 1. The highest BCUT2D eigenvalue weighted by Gasteiger charge is 2.08. The topological polar surface area (TPSA) is 68.0 Å².